The van der Waals surface area contributed by atoms with Crippen LogP contribution in [0.25, 0.3) is 26.1 Å². The molecule has 0 aliphatic carbocycles. The Hall–Kier alpha value is -1.99. The van der Waals surface area contributed by atoms with Gasteiger partial charge in [-0.25, -0.2) is 9.97 Å². The number of aryl methyl sites for hydroxylation is 2. The summed E-state index contributed by atoms with van der Waals surface area (Å²) in [6.07, 6.45) is 3.65. The molecule has 110 valence electrons. The fourth-order valence-electron chi connectivity index (χ4n) is 2.58. The fraction of sp³-hybridized carbons (Fsp3) is 0.200. The van der Waals surface area contributed by atoms with Crippen LogP contribution in [0, 0.1) is 13.8 Å². The number of thiophene rings is 1. The third-order valence-corrected chi connectivity index (χ3v) is 5.47. The Morgan fingerprint density at radius 2 is 2.23 bits per heavy atom. The van der Waals surface area contributed by atoms with E-state index in [4.69, 9.17) is 0 Å². The third-order valence-electron chi connectivity index (χ3n) is 3.46. The molecule has 4 rings (SSSR count). The summed E-state index contributed by atoms with van der Waals surface area (Å²) < 4.78 is 2.98. The molecule has 22 heavy (non-hydrogen) atoms. The average molecular weight is 327 g/mol. The molecule has 0 N–H and O–H groups in total. The van der Waals surface area contributed by atoms with Crippen molar-refractivity contribution in [2.45, 2.75) is 19.0 Å². The van der Waals surface area contributed by atoms with Gasteiger partial charge in [0, 0.05) is 16.8 Å². The number of aromatic nitrogens is 5. The van der Waals surface area contributed by atoms with Gasteiger partial charge < -0.3 is 0 Å². The molecule has 0 fully saturated rings. The van der Waals surface area contributed by atoms with Crippen molar-refractivity contribution in [3.8, 4) is 0 Å². The zero-order valence-corrected chi connectivity index (χ0v) is 13.8. The van der Waals surface area contributed by atoms with Crippen LogP contribution in [0.3, 0.4) is 0 Å². The van der Waals surface area contributed by atoms with Crippen LogP contribution < -0.4 is 0 Å². The number of rotatable bonds is 3. The molecule has 5 nitrogen and oxygen atoms in total. The Morgan fingerprint density at radius 3 is 3.05 bits per heavy atom. The predicted molar refractivity (Wildman–Crippen MR) is 91.9 cm³/mol. The minimum Gasteiger partial charge on any atom is -0.259 e. The molecule has 0 aliphatic rings. The Morgan fingerprint density at radius 1 is 1.36 bits per heavy atom. The molecule has 0 radical (unpaired) electrons. The van der Waals surface area contributed by atoms with Gasteiger partial charge in [-0.15, -0.1) is 28.1 Å². The first-order valence-electron chi connectivity index (χ1n) is 6.83. The Labute approximate surface area is 135 Å². The lowest BCUT2D eigenvalue weighted by Gasteiger charge is -1.99. The molecule has 0 atom stereocenters. The second-order valence-corrected chi connectivity index (χ2v) is 7.05. The van der Waals surface area contributed by atoms with Crippen LogP contribution in [-0.2, 0) is 0 Å². The topological polar surface area (TPSA) is 56.0 Å². The van der Waals surface area contributed by atoms with Crippen LogP contribution in [0.5, 0.6) is 0 Å². The number of fused-ring (bicyclic) bond motifs is 5. The van der Waals surface area contributed by atoms with E-state index in [0.29, 0.717) is 0 Å². The zero-order chi connectivity index (χ0) is 15.3. The Kier molecular flexibility index (Phi) is 3.12. The number of pyridine rings is 1. The van der Waals surface area contributed by atoms with Gasteiger partial charge in [0.25, 0.3) is 0 Å². The lowest BCUT2D eigenvalue weighted by atomic mass is 10.1. The molecular formula is C15H13N5S2. The minimum atomic E-state index is 0.797. The molecule has 4 aromatic heterocycles. The van der Waals surface area contributed by atoms with Crippen LogP contribution in [0.2, 0.25) is 0 Å². The van der Waals surface area contributed by atoms with E-state index in [9.17, 15) is 0 Å². The van der Waals surface area contributed by atoms with Gasteiger partial charge in [0.05, 0.1) is 5.52 Å². The first-order chi connectivity index (χ1) is 10.7. The standard InChI is InChI=1S/C15H13N5S2/c1-4-5-21-15-19-18-13-12-11(16-7-20(13)15)10-8(2)6-9(3)17-14(10)22-12/h4,6-7H,1,5H2,2-3H3. The number of hydrogen-bond donors (Lipinski definition) is 0. The molecule has 0 bridgehead atoms. The maximum absolute atomic E-state index is 4.64. The summed E-state index contributed by atoms with van der Waals surface area (Å²) in [4.78, 5) is 10.3. The molecular weight excluding hydrogens is 314 g/mol. The van der Waals surface area contributed by atoms with E-state index in [1.54, 1.807) is 29.4 Å². The summed E-state index contributed by atoms with van der Waals surface area (Å²) >= 11 is 3.23. The maximum Gasteiger partial charge on any atom is 0.197 e. The average Bonchev–Trinajstić information content (AvgIpc) is 3.05. The molecule has 4 aromatic rings. The van der Waals surface area contributed by atoms with Crippen molar-refractivity contribution >= 4 is 49.2 Å². The third kappa shape index (κ3) is 1.93. The molecule has 0 aromatic carbocycles. The molecule has 0 aliphatic heterocycles. The molecule has 7 heteroatoms. The fourth-order valence-corrected chi connectivity index (χ4v) is 4.44. The van der Waals surface area contributed by atoms with Crippen molar-refractivity contribution in [1.82, 2.24) is 24.6 Å². The highest BCUT2D eigenvalue weighted by atomic mass is 32.2. The highest BCUT2D eigenvalue weighted by molar-refractivity contribution is 7.99. The van der Waals surface area contributed by atoms with E-state index < -0.39 is 0 Å². The summed E-state index contributed by atoms with van der Waals surface area (Å²) in [5.74, 6) is 0.797. The summed E-state index contributed by atoms with van der Waals surface area (Å²) in [6, 6.07) is 2.09. The lowest BCUT2D eigenvalue weighted by Crippen LogP contribution is -1.90. The van der Waals surface area contributed by atoms with Crippen molar-refractivity contribution in [1.29, 1.82) is 0 Å². The van der Waals surface area contributed by atoms with Crippen LogP contribution in [0.4, 0.5) is 0 Å². The van der Waals surface area contributed by atoms with Crippen molar-refractivity contribution in [3.63, 3.8) is 0 Å². The minimum absolute atomic E-state index is 0.797. The van der Waals surface area contributed by atoms with E-state index in [-0.39, 0.29) is 0 Å². The van der Waals surface area contributed by atoms with Crippen molar-refractivity contribution in [2.75, 3.05) is 5.75 Å². The van der Waals surface area contributed by atoms with Gasteiger partial charge in [-0.3, -0.25) is 4.40 Å². The molecule has 4 heterocycles. The van der Waals surface area contributed by atoms with Crippen molar-refractivity contribution < 1.29 is 0 Å². The van der Waals surface area contributed by atoms with Crippen LogP contribution in [0.15, 0.2) is 30.2 Å². The summed E-state index contributed by atoms with van der Waals surface area (Å²) in [5.41, 5.74) is 4.03. The van der Waals surface area contributed by atoms with E-state index in [0.717, 1.165) is 42.7 Å². The van der Waals surface area contributed by atoms with E-state index in [1.807, 2.05) is 17.4 Å². The summed E-state index contributed by atoms with van der Waals surface area (Å²) in [7, 11) is 0. The Balaban J connectivity index is 2.06. The van der Waals surface area contributed by atoms with Crippen molar-refractivity contribution in [2.24, 2.45) is 0 Å². The van der Waals surface area contributed by atoms with Gasteiger partial charge in [-0.1, -0.05) is 17.8 Å². The molecule has 0 unspecified atom stereocenters. The van der Waals surface area contributed by atoms with Gasteiger partial charge in [0.1, 0.15) is 15.9 Å². The highest BCUT2D eigenvalue weighted by Gasteiger charge is 2.16. The zero-order valence-electron chi connectivity index (χ0n) is 12.2. The molecule has 0 spiro atoms. The lowest BCUT2D eigenvalue weighted by molar-refractivity contribution is 0.909. The summed E-state index contributed by atoms with van der Waals surface area (Å²) in [5, 5.41) is 10.6. The van der Waals surface area contributed by atoms with Crippen LogP contribution in [0.1, 0.15) is 11.3 Å². The van der Waals surface area contributed by atoms with Gasteiger partial charge in [0.15, 0.2) is 10.8 Å². The number of nitrogens with zero attached hydrogens (tertiary/aromatic N) is 5. The van der Waals surface area contributed by atoms with E-state index in [1.165, 1.54) is 5.56 Å². The number of hydrogen-bond acceptors (Lipinski definition) is 6. The van der Waals surface area contributed by atoms with Crippen LogP contribution in [-0.4, -0.2) is 30.3 Å². The molecule has 0 saturated carbocycles. The van der Waals surface area contributed by atoms with Crippen molar-refractivity contribution in [3.05, 3.63) is 36.3 Å². The SMILES string of the molecule is C=CCSc1nnc2c3sc4nc(C)cc(C)c4c3ncn12. The first kappa shape index (κ1) is 13.7. The molecule has 0 amide bonds. The second kappa shape index (κ2) is 5.03. The normalized spacial score (nSPS) is 11.7. The monoisotopic (exact) mass is 327 g/mol. The van der Waals surface area contributed by atoms with Gasteiger partial charge >= 0.3 is 0 Å². The maximum atomic E-state index is 4.64. The molecule has 0 saturated heterocycles. The highest BCUT2D eigenvalue weighted by Crippen LogP contribution is 2.36. The largest absolute Gasteiger partial charge is 0.259 e. The van der Waals surface area contributed by atoms with Gasteiger partial charge in [-0.05, 0) is 25.5 Å². The Bertz CT molecular complexity index is 1030. The van der Waals surface area contributed by atoms with Gasteiger partial charge in [-0.2, -0.15) is 0 Å². The summed E-state index contributed by atoms with van der Waals surface area (Å²) in [6.45, 7) is 7.85. The smallest absolute Gasteiger partial charge is 0.197 e. The quantitative estimate of drug-likeness (QED) is 0.423. The second-order valence-electron chi connectivity index (χ2n) is 5.06. The van der Waals surface area contributed by atoms with Gasteiger partial charge in [0.2, 0.25) is 0 Å². The first-order valence-corrected chi connectivity index (χ1v) is 8.63. The number of thioether (sulfide) groups is 1. The van der Waals surface area contributed by atoms with E-state index >= 15 is 0 Å². The van der Waals surface area contributed by atoms with Crippen LogP contribution >= 0.6 is 23.1 Å². The predicted octanol–water partition coefficient (Wildman–Crippen LogP) is 3.78. The van der Waals surface area contributed by atoms with E-state index in [2.05, 4.69) is 39.7 Å².